The molecule has 3 aromatic rings. The van der Waals surface area contributed by atoms with Gasteiger partial charge < -0.3 is 9.47 Å². The predicted octanol–water partition coefficient (Wildman–Crippen LogP) is 2.79. The monoisotopic (exact) mass is 550 g/mol. The Morgan fingerprint density at radius 3 is 2.65 bits per heavy atom. The van der Waals surface area contributed by atoms with E-state index in [4.69, 9.17) is 21.1 Å². The second-order valence-electron chi connectivity index (χ2n) is 8.72. The van der Waals surface area contributed by atoms with E-state index >= 15 is 0 Å². The Morgan fingerprint density at radius 2 is 1.97 bits per heavy atom. The third-order valence-corrected chi connectivity index (χ3v) is 8.40. The van der Waals surface area contributed by atoms with Crippen molar-refractivity contribution < 1.29 is 17.9 Å². The number of anilines is 1. The summed E-state index contributed by atoms with van der Waals surface area (Å²) in [6.07, 6.45) is 3.92. The molecule has 12 nitrogen and oxygen atoms in total. The summed E-state index contributed by atoms with van der Waals surface area (Å²) in [4.78, 5) is 15.1. The first-order chi connectivity index (χ1) is 17.8. The molecule has 14 heteroatoms. The van der Waals surface area contributed by atoms with Crippen LogP contribution in [0.5, 0.6) is 5.88 Å². The maximum Gasteiger partial charge on any atom is 0.240 e. The fraction of sp³-hybridized carbons (Fsp3) is 0.522. The van der Waals surface area contributed by atoms with Gasteiger partial charge in [-0.1, -0.05) is 24.6 Å². The minimum absolute atomic E-state index is 0.0984. The number of ether oxygens (including phenoxy) is 2. The molecule has 1 N–H and O–H groups in total. The summed E-state index contributed by atoms with van der Waals surface area (Å²) in [7, 11) is -1.07. The molecule has 1 aliphatic heterocycles. The van der Waals surface area contributed by atoms with Crippen LogP contribution in [0.25, 0.3) is 11.5 Å². The van der Waals surface area contributed by atoms with Gasteiger partial charge in [0.15, 0.2) is 11.6 Å². The third kappa shape index (κ3) is 6.00. The Hall–Kier alpha value is -2.87. The summed E-state index contributed by atoms with van der Waals surface area (Å²) in [5.41, 5.74) is 0.524. The smallest absolute Gasteiger partial charge is 0.240 e. The molecule has 0 radical (unpaired) electrons. The zero-order valence-corrected chi connectivity index (χ0v) is 22.8. The average Bonchev–Trinajstić information content (AvgIpc) is 3.52. The fourth-order valence-corrected chi connectivity index (χ4v) is 5.73. The number of halogens is 1. The van der Waals surface area contributed by atoms with Crippen LogP contribution >= 0.6 is 11.6 Å². The molecule has 200 valence electrons. The van der Waals surface area contributed by atoms with Crippen LogP contribution in [0, 0.1) is 0 Å². The van der Waals surface area contributed by atoms with Crippen molar-refractivity contribution in [2.45, 2.75) is 50.6 Å². The van der Waals surface area contributed by atoms with Gasteiger partial charge in [-0.2, -0.15) is 0 Å². The zero-order valence-electron chi connectivity index (χ0n) is 21.2. The van der Waals surface area contributed by atoms with Crippen LogP contribution in [0.15, 0.2) is 30.6 Å². The molecular weight excluding hydrogens is 520 g/mol. The van der Waals surface area contributed by atoms with Crippen molar-refractivity contribution in [2.24, 2.45) is 0 Å². The Kier molecular flexibility index (Phi) is 8.57. The van der Waals surface area contributed by atoms with Gasteiger partial charge in [0.05, 0.1) is 12.1 Å². The first kappa shape index (κ1) is 27.2. The van der Waals surface area contributed by atoms with Crippen LogP contribution in [0.3, 0.4) is 0 Å². The molecule has 0 saturated carbocycles. The van der Waals surface area contributed by atoms with E-state index < -0.39 is 21.4 Å². The van der Waals surface area contributed by atoms with Gasteiger partial charge in [-0.15, -0.1) is 10.2 Å². The normalized spacial score (nSPS) is 18.0. The van der Waals surface area contributed by atoms with Crippen LogP contribution in [0.1, 0.15) is 38.6 Å². The van der Waals surface area contributed by atoms with Gasteiger partial charge in [0.1, 0.15) is 17.0 Å². The Bertz CT molecular complexity index is 1300. The molecule has 0 amide bonds. The molecule has 0 aliphatic carbocycles. The van der Waals surface area contributed by atoms with Crippen molar-refractivity contribution in [2.75, 3.05) is 32.0 Å². The molecule has 0 aromatic carbocycles. The lowest BCUT2D eigenvalue weighted by Gasteiger charge is -2.25. The topological polar surface area (TPSA) is 137 Å². The fourth-order valence-electron chi connectivity index (χ4n) is 4.48. The Balaban J connectivity index is 1.68. The van der Waals surface area contributed by atoms with Crippen LogP contribution in [0.4, 0.5) is 5.95 Å². The summed E-state index contributed by atoms with van der Waals surface area (Å²) >= 11 is 5.89. The summed E-state index contributed by atoms with van der Waals surface area (Å²) in [6, 6.07) is 5.53. The highest BCUT2D eigenvalue weighted by Gasteiger charge is 2.35. The summed E-state index contributed by atoms with van der Waals surface area (Å²) in [6.45, 7) is 6.02. The largest absolute Gasteiger partial charge is 0.481 e. The molecule has 3 aromatic heterocycles. The van der Waals surface area contributed by atoms with Gasteiger partial charge in [0.2, 0.25) is 21.9 Å². The van der Waals surface area contributed by atoms with E-state index in [-0.39, 0.29) is 17.8 Å². The third-order valence-electron chi connectivity index (χ3n) is 6.51. The van der Waals surface area contributed by atoms with E-state index in [0.29, 0.717) is 29.0 Å². The number of sulfonamides is 1. The van der Waals surface area contributed by atoms with E-state index in [1.165, 1.54) is 33.5 Å². The molecule has 2 unspecified atom stereocenters. The first-order valence-corrected chi connectivity index (χ1v) is 13.9. The van der Waals surface area contributed by atoms with E-state index in [0.717, 1.165) is 25.9 Å². The number of nitrogens with one attached hydrogen (secondary N) is 1. The molecule has 1 fully saturated rings. The lowest BCUT2D eigenvalue weighted by atomic mass is 10.2. The highest BCUT2D eigenvalue weighted by molar-refractivity contribution is 7.93. The summed E-state index contributed by atoms with van der Waals surface area (Å²) in [5, 5.41) is 7.81. The summed E-state index contributed by atoms with van der Waals surface area (Å²) in [5.74, 6) is 1.17. The van der Waals surface area contributed by atoms with E-state index in [1.54, 1.807) is 22.8 Å². The van der Waals surface area contributed by atoms with Gasteiger partial charge in [-0.25, -0.2) is 23.4 Å². The SMILES string of the molecule is CCN1CCC[C@@H]1Cn1c(NS(=O)(=O)C(C)C(OC)c2ncc(Cl)cn2)nnc1-c1cccc(OC)n1. The quantitative estimate of drug-likeness (QED) is 0.379. The number of pyridine rings is 1. The number of aromatic nitrogens is 6. The first-order valence-electron chi connectivity index (χ1n) is 12.0. The average molecular weight is 551 g/mol. The van der Waals surface area contributed by atoms with Crippen molar-refractivity contribution in [1.82, 2.24) is 34.6 Å². The molecule has 37 heavy (non-hydrogen) atoms. The van der Waals surface area contributed by atoms with Crippen molar-refractivity contribution in [3.63, 3.8) is 0 Å². The van der Waals surface area contributed by atoms with Gasteiger partial charge >= 0.3 is 0 Å². The number of likely N-dealkylation sites (tertiary alicyclic amines) is 1. The highest BCUT2D eigenvalue weighted by Crippen LogP contribution is 2.28. The van der Waals surface area contributed by atoms with Crippen LogP contribution in [-0.2, 0) is 21.3 Å². The summed E-state index contributed by atoms with van der Waals surface area (Å²) < 4.78 is 42.1. The van der Waals surface area contributed by atoms with E-state index in [2.05, 4.69) is 41.7 Å². The van der Waals surface area contributed by atoms with Gasteiger partial charge in [-0.05, 0) is 38.9 Å². The standard InChI is InChI=1S/C23H31ClN8O4S/c1-5-31-11-7-8-17(31)14-32-22(18-9-6-10-19(27-18)35-3)28-29-23(32)30-37(33,34)15(2)20(36-4)21-25-12-16(24)13-26-21/h6,9-10,12-13,15,17,20H,5,7-8,11,14H2,1-4H3,(H,29,30)/t15?,17-,20?/m1/s1. The second-order valence-corrected chi connectivity index (χ2v) is 11.2. The van der Waals surface area contributed by atoms with E-state index in [1.807, 2.05) is 0 Å². The van der Waals surface area contributed by atoms with E-state index in [9.17, 15) is 8.42 Å². The highest BCUT2D eigenvalue weighted by atomic mass is 35.5. The van der Waals surface area contributed by atoms with Crippen molar-refractivity contribution in [1.29, 1.82) is 0 Å². The number of nitrogens with zero attached hydrogens (tertiary/aromatic N) is 7. The second kappa shape index (κ2) is 11.7. The molecule has 1 aliphatic rings. The van der Waals surface area contributed by atoms with Crippen LogP contribution in [-0.4, -0.2) is 81.6 Å². The molecule has 4 rings (SSSR count). The van der Waals surface area contributed by atoms with Crippen molar-refractivity contribution in [3.8, 4) is 17.4 Å². The lowest BCUT2D eigenvalue weighted by molar-refractivity contribution is 0.0950. The van der Waals surface area contributed by atoms with Gasteiger partial charge in [0, 0.05) is 38.2 Å². The van der Waals surface area contributed by atoms with Crippen molar-refractivity contribution >= 4 is 27.6 Å². The number of hydrogen-bond donors (Lipinski definition) is 1. The predicted molar refractivity (Wildman–Crippen MR) is 139 cm³/mol. The number of likely N-dealkylation sites (N-methyl/N-ethyl adjacent to an activating group) is 1. The zero-order chi connectivity index (χ0) is 26.6. The minimum Gasteiger partial charge on any atom is -0.481 e. The minimum atomic E-state index is -4.01. The molecular formula is C23H31ClN8O4S. The molecule has 3 atom stereocenters. The molecule has 0 bridgehead atoms. The van der Waals surface area contributed by atoms with Gasteiger partial charge in [-0.3, -0.25) is 14.2 Å². The molecule has 0 spiro atoms. The van der Waals surface area contributed by atoms with Crippen LogP contribution < -0.4 is 9.46 Å². The maximum absolute atomic E-state index is 13.5. The number of methoxy groups -OCH3 is 2. The van der Waals surface area contributed by atoms with Crippen molar-refractivity contribution in [3.05, 3.63) is 41.4 Å². The Labute approximate surface area is 221 Å². The molecule has 4 heterocycles. The van der Waals surface area contributed by atoms with Crippen LogP contribution in [0.2, 0.25) is 5.02 Å². The van der Waals surface area contributed by atoms with Gasteiger partial charge in [0.25, 0.3) is 0 Å². The molecule has 1 saturated heterocycles. The number of hydrogen-bond acceptors (Lipinski definition) is 10. The number of rotatable bonds is 11. The Morgan fingerprint density at radius 1 is 1.22 bits per heavy atom. The lowest BCUT2D eigenvalue weighted by Crippen LogP contribution is -2.35. The maximum atomic E-state index is 13.5.